The third-order valence-corrected chi connectivity index (χ3v) is 5.44. The topological polar surface area (TPSA) is 60.4 Å². The molecule has 0 saturated heterocycles. The molecule has 0 radical (unpaired) electrons. The molecule has 0 aliphatic carbocycles. The number of carbonyl (C=O) groups is 1. The van der Waals surface area contributed by atoms with E-state index in [1.807, 2.05) is 0 Å². The summed E-state index contributed by atoms with van der Waals surface area (Å²) in [6, 6.07) is 13.0. The molecule has 6 heteroatoms. The number of rotatable bonds is 6. The zero-order valence-corrected chi connectivity index (χ0v) is 14.4. The molecule has 0 amide bonds. The first-order chi connectivity index (χ1) is 10.4. The Kier molecular flexibility index (Phi) is 5.37. The van der Waals surface area contributed by atoms with Crippen LogP contribution >= 0.6 is 15.9 Å². The molecule has 116 valence electrons. The molecule has 0 aromatic heterocycles. The highest BCUT2D eigenvalue weighted by molar-refractivity contribution is 9.10. The molecule has 22 heavy (non-hydrogen) atoms. The van der Waals surface area contributed by atoms with Gasteiger partial charge in [0.1, 0.15) is 5.75 Å². The first kappa shape index (κ1) is 16.7. The van der Waals surface area contributed by atoms with E-state index in [2.05, 4.69) is 15.9 Å². The van der Waals surface area contributed by atoms with Gasteiger partial charge < -0.3 is 4.74 Å². The quantitative estimate of drug-likeness (QED) is 0.717. The summed E-state index contributed by atoms with van der Waals surface area (Å²) < 4.78 is 30.2. The molecule has 0 spiro atoms. The number of halogens is 1. The largest absolute Gasteiger partial charge is 0.497 e. The summed E-state index contributed by atoms with van der Waals surface area (Å²) in [4.78, 5) is 12.3. The van der Waals surface area contributed by atoms with Crippen LogP contribution < -0.4 is 4.74 Å². The van der Waals surface area contributed by atoms with Gasteiger partial charge in [-0.15, -0.1) is 0 Å². The molecular weight excluding hydrogens is 368 g/mol. The van der Waals surface area contributed by atoms with Gasteiger partial charge in [-0.3, -0.25) is 4.79 Å². The van der Waals surface area contributed by atoms with Gasteiger partial charge in [-0.2, -0.15) is 0 Å². The predicted octanol–water partition coefficient (Wildman–Crippen LogP) is 3.50. The molecule has 0 saturated carbocycles. The molecule has 0 heterocycles. The second-order valence-electron chi connectivity index (χ2n) is 4.67. The normalized spacial score (nSPS) is 11.2. The van der Waals surface area contributed by atoms with Gasteiger partial charge in [0.05, 0.1) is 17.8 Å². The summed E-state index contributed by atoms with van der Waals surface area (Å²) in [7, 11) is -1.92. The van der Waals surface area contributed by atoms with Crippen molar-refractivity contribution >= 4 is 31.6 Å². The lowest BCUT2D eigenvalue weighted by Gasteiger charge is -2.05. The molecule has 0 bridgehead atoms. The van der Waals surface area contributed by atoms with Crippen molar-refractivity contribution < 1.29 is 17.9 Å². The van der Waals surface area contributed by atoms with Crippen molar-refractivity contribution in [1.29, 1.82) is 0 Å². The van der Waals surface area contributed by atoms with Crippen LogP contribution in [0.2, 0.25) is 0 Å². The van der Waals surface area contributed by atoms with Crippen molar-refractivity contribution in [3.63, 3.8) is 0 Å². The van der Waals surface area contributed by atoms with Gasteiger partial charge >= 0.3 is 0 Å². The minimum Gasteiger partial charge on any atom is -0.497 e. The predicted molar refractivity (Wildman–Crippen MR) is 88.1 cm³/mol. The Balaban J connectivity index is 2.04. The summed E-state index contributed by atoms with van der Waals surface area (Å²) in [5.74, 6) is 0.238. The lowest BCUT2D eigenvalue weighted by atomic mass is 10.1. The molecule has 0 N–H and O–H groups in total. The van der Waals surface area contributed by atoms with Crippen molar-refractivity contribution in [3.8, 4) is 5.75 Å². The van der Waals surface area contributed by atoms with Gasteiger partial charge in [0.15, 0.2) is 15.6 Å². The van der Waals surface area contributed by atoms with E-state index < -0.39 is 9.84 Å². The second-order valence-corrected chi connectivity index (χ2v) is 7.70. The highest BCUT2D eigenvalue weighted by atomic mass is 79.9. The first-order valence-corrected chi connectivity index (χ1v) is 9.02. The highest BCUT2D eigenvalue weighted by Gasteiger charge is 2.17. The average Bonchev–Trinajstić information content (AvgIpc) is 2.53. The fraction of sp³-hybridized carbons (Fsp3) is 0.188. The number of benzene rings is 2. The maximum atomic E-state index is 12.2. The monoisotopic (exact) mass is 382 g/mol. The Bertz CT molecular complexity index is 750. The molecule has 4 nitrogen and oxygen atoms in total. The van der Waals surface area contributed by atoms with Crippen molar-refractivity contribution in [2.45, 2.75) is 11.3 Å². The number of methoxy groups -OCH3 is 1. The zero-order chi connectivity index (χ0) is 16.2. The fourth-order valence-corrected chi connectivity index (χ4v) is 3.41. The van der Waals surface area contributed by atoms with E-state index in [9.17, 15) is 13.2 Å². The van der Waals surface area contributed by atoms with Gasteiger partial charge in [-0.1, -0.05) is 15.9 Å². The van der Waals surface area contributed by atoms with Crippen molar-refractivity contribution in [2.75, 3.05) is 12.9 Å². The molecule has 2 aromatic rings. The maximum absolute atomic E-state index is 12.2. The molecular formula is C16H15BrO4S. The summed E-state index contributed by atoms with van der Waals surface area (Å²) in [5.41, 5.74) is 0.479. The molecule has 0 aliphatic heterocycles. The van der Waals surface area contributed by atoms with E-state index >= 15 is 0 Å². The summed E-state index contributed by atoms with van der Waals surface area (Å²) in [5, 5.41) is 0. The maximum Gasteiger partial charge on any atom is 0.178 e. The Morgan fingerprint density at radius 2 is 1.64 bits per heavy atom. The number of hydrogen-bond acceptors (Lipinski definition) is 4. The van der Waals surface area contributed by atoms with Gasteiger partial charge in [0, 0.05) is 16.5 Å². The third kappa shape index (κ3) is 4.18. The summed E-state index contributed by atoms with van der Waals surface area (Å²) in [6.45, 7) is 0. The van der Waals surface area contributed by atoms with Crippen LogP contribution in [0.5, 0.6) is 5.75 Å². The van der Waals surface area contributed by atoms with Crippen LogP contribution in [0.1, 0.15) is 16.8 Å². The molecule has 2 rings (SSSR count). The Hall–Kier alpha value is -1.66. The van der Waals surface area contributed by atoms with Crippen molar-refractivity contribution in [1.82, 2.24) is 0 Å². The van der Waals surface area contributed by atoms with E-state index in [4.69, 9.17) is 4.74 Å². The van der Waals surface area contributed by atoms with Gasteiger partial charge in [-0.05, 0) is 48.5 Å². The lowest BCUT2D eigenvalue weighted by molar-refractivity contribution is 0.0988. The molecule has 0 fully saturated rings. The van der Waals surface area contributed by atoms with E-state index in [0.29, 0.717) is 11.3 Å². The number of sulfone groups is 1. The minimum atomic E-state index is -3.46. The number of carbonyl (C=O) groups excluding carboxylic acids is 1. The van der Waals surface area contributed by atoms with Crippen LogP contribution in [-0.2, 0) is 9.84 Å². The summed E-state index contributed by atoms with van der Waals surface area (Å²) >= 11 is 3.26. The molecule has 0 aliphatic rings. The Morgan fingerprint density at radius 3 is 2.18 bits per heavy atom. The number of ether oxygens (including phenoxy) is 1. The van der Waals surface area contributed by atoms with Crippen LogP contribution in [0, 0.1) is 0 Å². The lowest BCUT2D eigenvalue weighted by Crippen LogP contribution is -2.11. The average molecular weight is 383 g/mol. The van der Waals surface area contributed by atoms with Crippen molar-refractivity contribution in [3.05, 3.63) is 58.6 Å². The van der Waals surface area contributed by atoms with Gasteiger partial charge in [0.2, 0.25) is 0 Å². The Labute approximate surface area is 138 Å². The summed E-state index contributed by atoms with van der Waals surface area (Å²) in [6.07, 6.45) is -0.0509. The number of hydrogen-bond donors (Lipinski definition) is 0. The standard InChI is InChI=1S/C16H15BrO4S/c1-21-14-6-2-12(3-7-14)16(18)10-11-22(19,20)15-8-4-13(17)5-9-15/h2-9H,10-11H2,1H3. The minimum absolute atomic E-state index is 0.0509. The zero-order valence-electron chi connectivity index (χ0n) is 12.0. The smallest absolute Gasteiger partial charge is 0.178 e. The fourth-order valence-electron chi connectivity index (χ4n) is 1.91. The van der Waals surface area contributed by atoms with Gasteiger partial charge in [0.25, 0.3) is 0 Å². The van der Waals surface area contributed by atoms with Crippen LogP contribution in [0.4, 0.5) is 0 Å². The van der Waals surface area contributed by atoms with Gasteiger partial charge in [-0.25, -0.2) is 8.42 Å². The molecule has 0 atom stereocenters. The van der Waals surface area contributed by atoms with Crippen LogP contribution in [-0.4, -0.2) is 27.1 Å². The van der Waals surface area contributed by atoms with Crippen LogP contribution in [0.25, 0.3) is 0 Å². The Morgan fingerprint density at radius 1 is 1.05 bits per heavy atom. The first-order valence-electron chi connectivity index (χ1n) is 6.58. The van der Waals surface area contributed by atoms with Crippen LogP contribution in [0.3, 0.4) is 0 Å². The third-order valence-electron chi connectivity index (χ3n) is 3.18. The number of ketones is 1. The van der Waals surface area contributed by atoms with E-state index in [-0.39, 0.29) is 22.9 Å². The number of Topliss-reactive ketones (excluding diaryl/α,β-unsaturated/α-hetero) is 1. The second kappa shape index (κ2) is 7.07. The highest BCUT2D eigenvalue weighted by Crippen LogP contribution is 2.18. The SMILES string of the molecule is COc1ccc(C(=O)CCS(=O)(=O)c2ccc(Br)cc2)cc1. The van der Waals surface area contributed by atoms with E-state index in [0.717, 1.165) is 4.47 Å². The van der Waals surface area contributed by atoms with Crippen molar-refractivity contribution in [2.24, 2.45) is 0 Å². The molecule has 0 unspecified atom stereocenters. The molecule has 2 aromatic carbocycles. The van der Waals surface area contributed by atoms with E-state index in [1.54, 1.807) is 43.5 Å². The van der Waals surface area contributed by atoms with Crippen LogP contribution in [0.15, 0.2) is 57.9 Å². The van der Waals surface area contributed by atoms with E-state index in [1.165, 1.54) is 12.1 Å².